The monoisotopic (exact) mass is 420 g/mol. The van der Waals surface area contributed by atoms with Gasteiger partial charge in [-0.2, -0.15) is 5.26 Å². The molecular formula is C23H20N2O4S. The molecule has 0 bridgehead atoms. The first-order valence-electron chi connectivity index (χ1n) is 9.80. The van der Waals surface area contributed by atoms with E-state index in [0.29, 0.717) is 10.6 Å². The number of phenolic OH excluding ortho intramolecular Hbond substituents is 1. The number of phenols is 1. The van der Waals surface area contributed by atoms with Gasteiger partial charge in [-0.3, -0.25) is 4.79 Å². The van der Waals surface area contributed by atoms with Crippen LogP contribution in [0.25, 0.3) is 10.8 Å². The Morgan fingerprint density at radius 1 is 1.13 bits per heavy atom. The van der Waals surface area contributed by atoms with Crippen molar-refractivity contribution in [1.82, 2.24) is 0 Å². The second kappa shape index (κ2) is 8.56. The smallest absolute Gasteiger partial charge is 0.342 e. The summed E-state index contributed by atoms with van der Waals surface area (Å²) >= 11 is 1.43. The zero-order valence-corrected chi connectivity index (χ0v) is 17.1. The summed E-state index contributed by atoms with van der Waals surface area (Å²) in [6.07, 6.45) is 5.03. The number of anilines is 1. The summed E-state index contributed by atoms with van der Waals surface area (Å²) in [7, 11) is 0. The Labute approximate surface area is 177 Å². The second-order valence-corrected chi connectivity index (χ2v) is 8.33. The highest BCUT2D eigenvalue weighted by Gasteiger charge is 2.22. The summed E-state index contributed by atoms with van der Waals surface area (Å²) in [6, 6.07) is 12.5. The molecule has 1 aromatic heterocycles. The molecule has 0 spiro atoms. The number of fused-ring (bicyclic) bond motifs is 2. The zero-order chi connectivity index (χ0) is 21.1. The maximum absolute atomic E-state index is 12.4. The number of carbonyl (C=O) groups excluding carboxylic acids is 2. The molecule has 30 heavy (non-hydrogen) atoms. The van der Waals surface area contributed by atoms with E-state index in [1.807, 2.05) is 24.3 Å². The number of esters is 1. The fourth-order valence-electron chi connectivity index (χ4n) is 3.71. The van der Waals surface area contributed by atoms with Crippen LogP contribution in [0, 0.1) is 11.3 Å². The van der Waals surface area contributed by atoms with Gasteiger partial charge in [0.05, 0.1) is 5.56 Å². The fourth-order valence-corrected chi connectivity index (χ4v) is 4.97. The van der Waals surface area contributed by atoms with E-state index in [0.717, 1.165) is 53.3 Å². The van der Waals surface area contributed by atoms with Crippen LogP contribution in [0.1, 0.15) is 45.6 Å². The van der Waals surface area contributed by atoms with E-state index in [1.54, 1.807) is 0 Å². The lowest BCUT2D eigenvalue weighted by atomic mass is 10.1. The average Bonchev–Trinajstić information content (AvgIpc) is 2.90. The maximum Gasteiger partial charge on any atom is 0.342 e. The Bertz CT molecular complexity index is 1180. The van der Waals surface area contributed by atoms with Crippen LogP contribution in [-0.2, 0) is 22.4 Å². The molecule has 0 fully saturated rings. The molecule has 6 nitrogen and oxygen atoms in total. The van der Waals surface area contributed by atoms with Crippen LogP contribution in [0.2, 0.25) is 0 Å². The van der Waals surface area contributed by atoms with Gasteiger partial charge in [0.25, 0.3) is 5.91 Å². The number of nitrogens with one attached hydrogen (secondary N) is 1. The van der Waals surface area contributed by atoms with Gasteiger partial charge < -0.3 is 15.2 Å². The van der Waals surface area contributed by atoms with Crippen molar-refractivity contribution >= 4 is 39.0 Å². The summed E-state index contributed by atoms with van der Waals surface area (Å²) in [4.78, 5) is 25.9. The number of nitriles is 1. The number of ether oxygens (including phenoxy) is 1. The van der Waals surface area contributed by atoms with Crippen LogP contribution in [0.3, 0.4) is 0 Å². The van der Waals surface area contributed by atoms with Crippen molar-refractivity contribution in [1.29, 1.82) is 5.26 Å². The molecule has 0 radical (unpaired) electrons. The molecule has 0 saturated heterocycles. The Balaban J connectivity index is 1.44. The number of aromatic hydroxyl groups is 1. The topological polar surface area (TPSA) is 99.4 Å². The number of carbonyl (C=O) groups is 2. The summed E-state index contributed by atoms with van der Waals surface area (Å²) in [5, 5.41) is 24.5. The standard InChI is InChI=1S/C23H20N2O4S/c24-12-18-16-8-2-1-3-9-20(16)30-22(18)25-21(27)13-29-23(28)17-10-14-6-4-5-7-15(14)11-19(17)26/h4-7,10-11,26H,1-3,8-9,13H2,(H,25,27). The minimum atomic E-state index is -0.782. The van der Waals surface area contributed by atoms with Gasteiger partial charge in [-0.15, -0.1) is 11.3 Å². The van der Waals surface area contributed by atoms with E-state index < -0.39 is 18.5 Å². The van der Waals surface area contributed by atoms with E-state index in [1.165, 1.54) is 23.5 Å². The van der Waals surface area contributed by atoms with Gasteiger partial charge >= 0.3 is 5.97 Å². The van der Waals surface area contributed by atoms with Gasteiger partial charge in [-0.05, 0) is 54.2 Å². The largest absolute Gasteiger partial charge is 0.507 e. The van der Waals surface area contributed by atoms with Gasteiger partial charge in [0.1, 0.15) is 22.4 Å². The lowest BCUT2D eigenvalue weighted by Crippen LogP contribution is -2.21. The third-order valence-corrected chi connectivity index (χ3v) is 6.41. The number of nitrogens with zero attached hydrogens (tertiary/aromatic N) is 1. The maximum atomic E-state index is 12.4. The fraction of sp³-hybridized carbons (Fsp3) is 0.261. The molecule has 1 aliphatic carbocycles. The highest BCUT2D eigenvalue weighted by atomic mass is 32.1. The number of hydrogen-bond acceptors (Lipinski definition) is 6. The van der Waals surface area contributed by atoms with E-state index in [2.05, 4.69) is 11.4 Å². The minimum absolute atomic E-state index is 0.00190. The van der Waals surface area contributed by atoms with Crippen LogP contribution in [-0.4, -0.2) is 23.6 Å². The number of hydrogen-bond donors (Lipinski definition) is 2. The first-order chi connectivity index (χ1) is 14.6. The highest BCUT2D eigenvalue weighted by Crippen LogP contribution is 2.37. The molecule has 0 atom stereocenters. The molecule has 1 heterocycles. The molecule has 0 unspecified atom stereocenters. The van der Waals surface area contributed by atoms with Crippen LogP contribution in [0.5, 0.6) is 5.75 Å². The van der Waals surface area contributed by atoms with Crippen molar-refractivity contribution in [2.45, 2.75) is 32.1 Å². The van der Waals surface area contributed by atoms with Crippen molar-refractivity contribution in [2.24, 2.45) is 0 Å². The van der Waals surface area contributed by atoms with Crippen molar-refractivity contribution < 1.29 is 19.4 Å². The molecule has 0 saturated carbocycles. The van der Waals surface area contributed by atoms with Crippen LogP contribution in [0.15, 0.2) is 36.4 Å². The van der Waals surface area contributed by atoms with Crippen LogP contribution < -0.4 is 5.32 Å². The van der Waals surface area contributed by atoms with Gasteiger partial charge in [0, 0.05) is 4.88 Å². The van der Waals surface area contributed by atoms with Gasteiger partial charge in [-0.25, -0.2) is 4.79 Å². The zero-order valence-electron chi connectivity index (χ0n) is 16.2. The highest BCUT2D eigenvalue weighted by molar-refractivity contribution is 7.16. The molecule has 4 rings (SSSR count). The Hall–Kier alpha value is -3.37. The third kappa shape index (κ3) is 4.00. The Morgan fingerprint density at radius 3 is 2.63 bits per heavy atom. The number of benzene rings is 2. The molecule has 152 valence electrons. The molecule has 3 aromatic rings. The van der Waals surface area contributed by atoms with E-state index in [4.69, 9.17) is 4.74 Å². The van der Waals surface area contributed by atoms with Crippen molar-refractivity contribution in [3.63, 3.8) is 0 Å². The summed E-state index contributed by atoms with van der Waals surface area (Å²) in [6.45, 7) is -0.501. The SMILES string of the molecule is N#Cc1c(NC(=O)COC(=O)c2cc3ccccc3cc2O)sc2c1CCCCC2. The Morgan fingerprint density at radius 2 is 1.87 bits per heavy atom. The van der Waals surface area contributed by atoms with Crippen LogP contribution >= 0.6 is 11.3 Å². The Kier molecular flexibility index (Phi) is 5.68. The van der Waals surface area contributed by atoms with Gasteiger partial charge in [0.2, 0.25) is 0 Å². The summed E-state index contributed by atoms with van der Waals surface area (Å²) in [5.74, 6) is -1.50. The van der Waals surface area contributed by atoms with E-state index >= 15 is 0 Å². The third-order valence-electron chi connectivity index (χ3n) is 5.20. The number of rotatable bonds is 4. The molecule has 2 aromatic carbocycles. The van der Waals surface area contributed by atoms with Crippen LogP contribution in [0.4, 0.5) is 5.00 Å². The van der Waals surface area contributed by atoms with Crippen molar-refractivity contribution in [3.8, 4) is 11.8 Å². The molecule has 2 N–H and O–H groups in total. The second-order valence-electron chi connectivity index (χ2n) is 7.22. The predicted molar refractivity (Wildman–Crippen MR) is 115 cm³/mol. The minimum Gasteiger partial charge on any atom is -0.507 e. The quantitative estimate of drug-likeness (QED) is 0.477. The number of aryl methyl sites for hydroxylation is 1. The molecule has 7 heteroatoms. The number of thiophene rings is 1. The first kappa shape index (κ1) is 19.9. The lowest BCUT2D eigenvalue weighted by Gasteiger charge is -2.08. The van der Waals surface area contributed by atoms with Crippen molar-refractivity contribution in [3.05, 3.63) is 58.0 Å². The molecular weight excluding hydrogens is 400 g/mol. The van der Waals surface area contributed by atoms with E-state index in [9.17, 15) is 20.0 Å². The molecule has 1 aliphatic rings. The normalized spacial score (nSPS) is 13.2. The summed E-state index contributed by atoms with van der Waals surface area (Å²) in [5.41, 5.74) is 1.55. The number of amides is 1. The van der Waals surface area contributed by atoms with Crippen molar-refractivity contribution in [2.75, 3.05) is 11.9 Å². The van der Waals surface area contributed by atoms with Gasteiger partial charge in [0.15, 0.2) is 6.61 Å². The lowest BCUT2D eigenvalue weighted by molar-refractivity contribution is -0.119. The predicted octanol–water partition coefficient (Wildman–Crippen LogP) is 4.54. The average molecular weight is 420 g/mol. The van der Waals surface area contributed by atoms with E-state index in [-0.39, 0.29) is 11.3 Å². The molecule has 1 amide bonds. The summed E-state index contributed by atoms with van der Waals surface area (Å²) < 4.78 is 5.10. The van der Waals surface area contributed by atoms with Gasteiger partial charge in [-0.1, -0.05) is 30.7 Å². The first-order valence-corrected chi connectivity index (χ1v) is 10.6. The molecule has 0 aliphatic heterocycles.